The normalized spacial score (nSPS) is 19.0. The highest BCUT2D eigenvalue weighted by Crippen LogP contribution is 2.32. The van der Waals surface area contributed by atoms with E-state index in [9.17, 15) is 28.4 Å². The fraction of sp³-hybridized carbons (Fsp3) is 0.406. The summed E-state index contributed by atoms with van der Waals surface area (Å²) in [5.74, 6) is -4.88. The van der Waals surface area contributed by atoms with Gasteiger partial charge in [0.25, 0.3) is 11.8 Å². The van der Waals surface area contributed by atoms with Crippen LogP contribution in [-0.4, -0.2) is 65.5 Å². The summed E-state index contributed by atoms with van der Waals surface area (Å²) in [4.78, 5) is 68.3. The highest BCUT2D eigenvalue weighted by atomic mass is 19.1. The second-order valence-corrected chi connectivity index (χ2v) is 11.7. The van der Waals surface area contributed by atoms with Crippen LogP contribution in [0.1, 0.15) is 71.6 Å². The number of halogens is 2. The highest BCUT2D eigenvalue weighted by molar-refractivity contribution is 6.05. The van der Waals surface area contributed by atoms with Crippen molar-refractivity contribution in [3.8, 4) is 0 Å². The molecule has 12 heteroatoms. The molecule has 1 saturated carbocycles. The molecule has 2 N–H and O–H groups in total. The molecule has 10 nitrogen and oxygen atoms in total. The van der Waals surface area contributed by atoms with Crippen molar-refractivity contribution in [2.24, 2.45) is 0 Å². The van der Waals surface area contributed by atoms with Gasteiger partial charge in [-0.25, -0.2) is 8.78 Å². The standard InChI is InChI=1S/C32H35F2N5O5/c1-18(33)31(43)39(28(30(42)35-22-6-4-5-7-22)20-9-11-25(37(2)3)24(34)15-20)16-19-8-10-23-21(14-19)17-38(32(23)44)26-12-13-27(40)36-29(26)41/h8-11,14-15,22,26,28H,1,4-7,12-13,16-17H2,2-3H3,(H,35,42)(H,36,40,41). The lowest BCUT2D eigenvalue weighted by molar-refractivity contribution is -0.140. The van der Waals surface area contributed by atoms with Gasteiger partial charge in [-0.05, 0) is 54.2 Å². The predicted molar refractivity (Wildman–Crippen MR) is 157 cm³/mol. The Morgan fingerprint density at radius 2 is 1.82 bits per heavy atom. The van der Waals surface area contributed by atoms with Crippen LogP contribution in [0.3, 0.4) is 0 Å². The average Bonchev–Trinajstić information content (AvgIpc) is 3.59. The van der Waals surface area contributed by atoms with E-state index in [0.29, 0.717) is 16.7 Å². The van der Waals surface area contributed by atoms with Crippen LogP contribution in [0.4, 0.5) is 14.5 Å². The Labute approximate surface area is 254 Å². The molecule has 1 aliphatic carbocycles. The van der Waals surface area contributed by atoms with E-state index in [2.05, 4.69) is 17.2 Å². The Bertz CT molecular complexity index is 1540. The molecule has 2 unspecified atom stereocenters. The minimum absolute atomic E-state index is 0.0981. The first-order valence-corrected chi connectivity index (χ1v) is 14.6. The predicted octanol–water partition coefficient (Wildman–Crippen LogP) is 3.26. The molecular formula is C32H35F2N5O5. The monoisotopic (exact) mass is 607 g/mol. The number of fused-ring (bicyclic) bond motifs is 1. The van der Waals surface area contributed by atoms with Gasteiger partial charge in [-0.15, -0.1) is 0 Å². The smallest absolute Gasteiger partial charge is 0.283 e. The number of piperidine rings is 1. The number of hydrogen-bond donors (Lipinski definition) is 2. The molecule has 2 atom stereocenters. The third kappa shape index (κ3) is 6.20. The Balaban J connectivity index is 1.47. The van der Waals surface area contributed by atoms with Crippen molar-refractivity contribution >= 4 is 35.2 Å². The van der Waals surface area contributed by atoms with Crippen LogP contribution in [0.25, 0.3) is 0 Å². The first-order valence-electron chi connectivity index (χ1n) is 14.6. The number of rotatable bonds is 9. The number of benzene rings is 2. The van der Waals surface area contributed by atoms with Gasteiger partial charge >= 0.3 is 0 Å². The fourth-order valence-electron chi connectivity index (χ4n) is 6.24. The van der Waals surface area contributed by atoms with Crippen LogP contribution in [0.5, 0.6) is 0 Å². The Morgan fingerprint density at radius 3 is 2.45 bits per heavy atom. The van der Waals surface area contributed by atoms with Crippen LogP contribution in [0, 0.1) is 5.82 Å². The number of hydrogen-bond acceptors (Lipinski definition) is 6. The number of amides is 5. The summed E-state index contributed by atoms with van der Waals surface area (Å²) in [5.41, 5.74) is 1.87. The Hall–Kier alpha value is -4.61. The number of nitrogens with one attached hydrogen (secondary N) is 2. The minimum atomic E-state index is -1.38. The summed E-state index contributed by atoms with van der Waals surface area (Å²) in [6.45, 7) is 3.02. The lowest BCUT2D eigenvalue weighted by atomic mass is 10.00. The zero-order valence-corrected chi connectivity index (χ0v) is 24.7. The third-order valence-electron chi connectivity index (χ3n) is 8.46. The molecule has 0 aromatic heterocycles. The lowest BCUT2D eigenvalue weighted by Gasteiger charge is -2.32. The van der Waals surface area contributed by atoms with E-state index in [4.69, 9.17) is 0 Å². The first kappa shape index (κ1) is 30.8. The van der Waals surface area contributed by atoms with Gasteiger partial charge in [0.1, 0.15) is 17.9 Å². The van der Waals surface area contributed by atoms with Crippen molar-refractivity contribution in [1.82, 2.24) is 20.4 Å². The molecule has 44 heavy (non-hydrogen) atoms. The van der Waals surface area contributed by atoms with Gasteiger partial charge in [0.15, 0.2) is 5.83 Å². The van der Waals surface area contributed by atoms with Gasteiger partial charge in [0, 0.05) is 45.2 Å². The van der Waals surface area contributed by atoms with E-state index >= 15 is 4.39 Å². The Morgan fingerprint density at radius 1 is 1.09 bits per heavy atom. The topological polar surface area (TPSA) is 119 Å². The second-order valence-electron chi connectivity index (χ2n) is 11.7. The van der Waals surface area contributed by atoms with E-state index in [-0.39, 0.29) is 55.0 Å². The molecule has 3 aliphatic rings. The number of carbonyl (C=O) groups excluding carboxylic acids is 5. The number of anilines is 1. The summed E-state index contributed by atoms with van der Waals surface area (Å²) in [6.07, 6.45) is 3.73. The van der Waals surface area contributed by atoms with Crippen molar-refractivity contribution in [1.29, 1.82) is 0 Å². The van der Waals surface area contributed by atoms with Crippen LogP contribution >= 0.6 is 0 Å². The van der Waals surface area contributed by atoms with Crippen LogP contribution in [0.2, 0.25) is 0 Å². The van der Waals surface area contributed by atoms with Gasteiger partial charge < -0.3 is 20.0 Å². The van der Waals surface area contributed by atoms with Gasteiger partial charge in [0.2, 0.25) is 17.7 Å². The molecule has 2 aromatic carbocycles. The maximum absolute atomic E-state index is 15.2. The molecule has 0 bridgehead atoms. The molecule has 2 fully saturated rings. The largest absolute Gasteiger partial charge is 0.375 e. The molecule has 2 aliphatic heterocycles. The Kier molecular flexibility index (Phi) is 8.80. The van der Waals surface area contributed by atoms with Gasteiger partial charge in [-0.1, -0.05) is 37.6 Å². The number of imide groups is 1. The van der Waals surface area contributed by atoms with E-state index in [1.165, 1.54) is 23.1 Å². The molecule has 2 aromatic rings. The summed E-state index contributed by atoms with van der Waals surface area (Å²) in [6, 6.07) is 6.74. The van der Waals surface area contributed by atoms with Crippen molar-refractivity contribution in [2.45, 2.75) is 69.7 Å². The van der Waals surface area contributed by atoms with Crippen molar-refractivity contribution in [2.75, 3.05) is 19.0 Å². The van der Waals surface area contributed by atoms with Crippen molar-refractivity contribution in [3.05, 3.63) is 76.9 Å². The lowest BCUT2D eigenvalue weighted by Crippen LogP contribution is -2.52. The molecule has 5 amide bonds. The zero-order valence-electron chi connectivity index (χ0n) is 24.7. The second kappa shape index (κ2) is 12.6. The highest BCUT2D eigenvalue weighted by Gasteiger charge is 2.40. The van der Waals surface area contributed by atoms with Gasteiger partial charge in [-0.3, -0.25) is 29.3 Å². The molecule has 0 radical (unpaired) electrons. The van der Waals surface area contributed by atoms with Gasteiger partial charge in [-0.2, -0.15) is 0 Å². The molecule has 0 spiro atoms. The summed E-state index contributed by atoms with van der Waals surface area (Å²) in [5, 5.41) is 5.23. The SMILES string of the molecule is C=C(F)C(=O)N(Cc1ccc2c(c1)CN(C1CCC(=O)NC1=O)C2=O)C(C(=O)NC1CCCC1)c1ccc(N(C)C)c(F)c1. The van der Waals surface area contributed by atoms with Crippen LogP contribution in [-0.2, 0) is 32.3 Å². The number of carbonyl (C=O) groups is 5. The first-order chi connectivity index (χ1) is 20.9. The van der Waals surface area contributed by atoms with E-state index in [1.54, 1.807) is 37.2 Å². The summed E-state index contributed by atoms with van der Waals surface area (Å²) < 4.78 is 29.7. The average molecular weight is 608 g/mol. The van der Waals surface area contributed by atoms with Gasteiger partial charge in [0.05, 0.1) is 5.69 Å². The molecule has 232 valence electrons. The third-order valence-corrected chi connectivity index (χ3v) is 8.46. The van der Waals surface area contributed by atoms with E-state index in [0.717, 1.165) is 30.6 Å². The molecule has 1 saturated heterocycles. The summed E-state index contributed by atoms with van der Waals surface area (Å²) in [7, 11) is 3.34. The quantitative estimate of drug-likeness (QED) is 0.334. The van der Waals surface area contributed by atoms with Crippen LogP contribution in [0.15, 0.2) is 48.8 Å². The summed E-state index contributed by atoms with van der Waals surface area (Å²) >= 11 is 0. The zero-order chi connectivity index (χ0) is 31.7. The minimum Gasteiger partial charge on any atom is -0.375 e. The van der Waals surface area contributed by atoms with Crippen molar-refractivity contribution < 1.29 is 32.8 Å². The maximum Gasteiger partial charge on any atom is 0.283 e. The molecular weight excluding hydrogens is 572 g/mol. The van der Waals surface area contributed by atoms with E-state index in [1.807, 2.05) is 0 Å². The number of nitrogens with zero attached hydrogens (tertiary/aromatic N) is 3. The fourth-order valence-corrected chi connectivity index (χ4v) is 6.24. The molecule has 5 rings (SSSR count). The van der Waals surface area contributed by atoms with Crippen LogP contribution < -0.4 is 15.5 Å². The van der Waals surface area contributed by atoms with E-state index < -0.39 is 41.4 Å². The molecule has 2 heterocycles. The van der Waals surface area contributed by atoms with Crippen molar-refractivity contribution in [3.63, 3.8) is 0 Å². The maximum atomic E-state index is 15.2.